The first kappa shape index (κ1) is 20.5. The summed E-state index contributed by atoms with van der Waals surface area (Å²) in [7, 11) is 0. The number of nitrogens with zero attached hydrogens (tertiary/aromatic N) is 4. The quantitative estimate of drug-likeness (QED) is 0.690. The Kier molecular flexibility index (Phi) is 6.98. The molecule has 2 N–H and O–H groups in total. The fourth-order valence-corrected chi connectivity index (χ4v) is 2.37. The molecule has 1 amide bonds. The van der Waals surface area contributed by atoms with Crippen molar-refractivity contribution in [2.45, 2.75) is 53.2 Å². The van der Waals surface area contributed by atoms with E-state index in [0.29, 0.717) is 37.1 Å². The first-order valence-corrected chi connectivity index (χ1v) is 9.02. The van der Waals surface area contributed by atoms with E-state index in [1.54, 1.807) is 10.7 Å². The summed E-state index contributed by atoms with van der Waals surface area (Å²) in [5.41, 5.74) is 0.683. The molecule has 0 spiro atoms. The van der Waals surface area contributed by atoms with Crippen molar-refractivity contribution in [2.75, 3.05) is 18.5 Å². The van der Waals surface area contributed by atoms with Gasteiger partial charge in [-0.2, -0.15) is 0 Å². The summed E-state index contributed by atoms with van der Waals surface area (Å²) in [5, 5.41) is 17.5. The first-order valence-electron chi connectivity index (χ1n) is 9.02. The van der Waals surface area contributed by atoms with Crippen LogP contribution in [0.15, 0.2) is 18.2 Å². The minimum absolute atomic E-state index is 0.0692. The fraction of sp³-hybridized carbons (Fsp3) is 0.556. The number of hydrogen-bond acceptors (Lipinski definition) is 7. The van der Waals surface area contributed by atoms with Gasteiger partial charge in [0.1, 0.15) is 0 Å². The van der Waals surface area contributed by atoms with Crippen molar-refractivity contribution in [3.05, 3.63) is 23.8 Å². The van der Waals surface area contributed by atoms with Crippen LogP contribution in [-0.4, -0.2) is 44.9 Å². The summed E-state index contributed by atoms with van der Waals surface area (Å²) < 4.78 is 13.0. The second-order valence-corrected chi connectivity index (χ2v) is 6.97. The van der Waals surface area contributed by atoms with Crippen molar-refractivity contribution in [2.24, 2.45) is 0 Å². The van der Waals surface area contributed by atoms with E-state index >= 15 is 0 Å². The zero-order chi connectivity index (χ0) is 19.9. The summed E-state index contributed by atoms with van der Waals surface area (Å²) in [5.74, 6) is 1.55. The lowest BCUT2D eigenvalue weighted by atomic mass is 10.1. The molecule has 0 unspecified atom stereocenters. The molecule has 0 saturated carbocycles. The number of hydrogen-bond donors (Lipinski definition) is 2. The van der Waals surface area contributed by atoms with Gasteiger partial charge in [-0.05, 0) is 62.7 Å². The Balaban J connectivity index is 2.01. The number of amides is 1. The van der Waals surface area contributed by atoms with Gasteiger partial charge in [-0.25, -0.2) is 4.68 Å². The molecule has 0 aliphatic heterocycles. The Morgan fingerprint density at radius 3 is 2.63 bits per heavy atom. The predicted octanol–water partition coefficient (Wildman–Crippen LogP) is 2.00. The lowest BCUT2D eigenvalue weighted by Crippen LogP contribution is -2.43. The lowest BCUT2D eigenvalue weighted by molar-refractivity contribution is -0.124. The number of anilines is 1. The standard InChI is InChI=1S/C18H28N6O3/c1-6-24-17(21-22-23-24)19-11-13-8-9-14(15(10-13)26-7-2)27-12-16(25)20-18(3,4)5/h8-10H,6-7,11-12H2,1-5H3,(H,20,25)(H,19,21,23). The van der Waals surface area contributed by atoms with E-state index in [0.717, 1.165) is 5.56 Å². The van der Waals surface area contributed by atoms with Crippen LogP contribution in [0.25, 0.3) is 0 Å². The molecular weight excluding hydrogens is 348 g/mol. The Morgan fingerprint density at radius 2 is 1.96 bits per heavy atom. The number of carbonyl (C=O) groups excluding carboxylic acids is 1. The van der Waals surface area contributed by atoms with Crippen LogP contribution in [0.4, 0.5) is 5.95 Å². The number of benzene rings is 1. The molecule has 1 heterocycles. The molecule has 9 nitrogen and oxygen atoms in total. The third-order valence-electron chi connectivity index (χ3n) is 3.46. The second kappa shape index (κ2) is 9.20. The monoisotopic (exact) mass is 376 g/mol. The van der Waals surface area contributed by atoms with E-state index in [9.17, 15) is 4.79 Å². The SMILES string of the molecule is CCOc1cc(CNc2nnnn2CC)ccc1OCC(=O)NC(C)(C)C. The van der Waals surface area contributed by atoms with E-state index in [1.165, 1.54) is 0 Å². The highest BCUT2D eigenvalue weighted by Gasteiger charge is 2.15. The minimum Gasteiger partial charge on any atom is -0.490 e. The number of aromatic nitrogens is 4. The van der Waals surface area contributed by atoms with Gasteiger partial charge in [0.2, 0.25) is 5.95 Å². The number of rotatable bonds is 9. The van der Waals surface area contributed by atoms with Crippen molar-refractivity contribution in [1.82, 2.24) is 25.5 Å². The Labute approximate surface area is 159 Å². The molecular formula is C18H28N6O3. The van der Waals surface area contributed by atoms with Crippen LogP contribution in [0.1, 0.15) is 40.2 Å². The highest BCUT2D eigenvalue weighted by Crippen LogP contribution is 2.28. The average molecular weight is 376 g/mol. The molecule has 0 fully saturated rings. The number of tetrazole rings is 1. The maximum atomic E-state index is 12.0. The smallest absolute Gasteiger partial charge is 0.258 e. The molecule has 0 radical (unpaired) electrons. The van der Waals surface area contributed by atoms with E-state index in [4.69, 9.17) is 9.47 Å². The Hall–Kier alpha value is -2.84. The first-order chi connectivity index (χ1) is 12.8. The Bertz CT molecular complexity index is 754. The summed E-state index contributed by atoms with van der Waals surface area (Å²) in [6, 6.07) is 5.59. The van der Waals surface area contributed by atoms with Crippen LogP contribution in [-0.2, 0) is 17.9 Å². The average Bonchev–Trinajstić information content (AvgIpc) is 3.05. The van der Waals surface area contributed by atoms with Gasteiger partial charge in [0.05, 0.1) is 6.61 Å². The van der Waals surface area contributed by atoms with E-state index in [-0.39, 0.29) is 18.1 Å². The molecule has 1 aromatic heterocycles. The van der Waals surface area contributed by atoms with E-state index < -0.39 is 0 Å². The highest BCUT2D eigenvalue weighted by molar-refractivity contribution is 5.78. The van der Waals surface area contributed by atoms with Crippen molar-refractivity contribution in [1.29, 1.82) is 0 Å². The van der Waals surface area contributed by atoms with Crippen LogP contribution in [0.2, 0.25) is 0 Å². The van der Waals surface area contributed by atoms with Crippen LogP contribution in [0.5, 0.6) is 11.5 Å². The second-order valence-electron chi connectivity index (χ2n) is 6.97. The third kappa shape index (κ3) is 6.43. The normalized spacial score (nSPS) is 11.1. The van der Waals surface area contributed by atoms with E-state index in [2.05, 4.69) is 26.2 Å². The number of nitrogens with one attached hydrogen (secondary N) is 2. The van der Waals surface area contributed by atoms with Gasteiger partial charge in [0.15, 0.2) is 18.1 Å². The molecule has 9 heteroatoms. The molecule has 2 aromatic rings. The van der Waals surface area contributed by atoms with Crippen molar-refractivity contribution in [3.63, 3.8) is 0 Å². The highest BCUT2D eigenvalue weighted by atomic mass is 16.5. The van der Waals surface area contributed by atoms with Crippen LogP contribution >= 0.6 is 0 Å². The van der Waals surface area contributed by atoms with Gasteiger partial charge in [0.25, 0.3) is 5.91 Å². The van der Waals surface area contributed by atoms with Gasteiger partial charge in [-0.3, -0.25) is 4.79 Å². The zero-order valence-corrected chi connectivity index (χ0v) is 16.6. The van der Waals surface area contributed by atoms with Crippen LogP contribution in [0.3, 0.4) is 0 Å². The predicted molar refractivity (Wildman–Crippen MR) is 102 cm³/mol. The minimum atomic E-state index is -0.299. The summed E-state index contributed by atoms with van der Waals surface area (Å²) in [4.78, 5) is 12.0. The molecule has 0 atom stereocenters. The molecule has 1 aromatic carbocycles. The topological polar surface area (TPSA) is 103 Å². The summed E-state index contributed by atoms with van der Waals surface area (Å²) in [6.45, 7) is 11.3. The maximum Gasteiger partial charge on any atom is 0.258 e. The van der Waals surface area contributed by atoms with Gasteiger partial charge in [-0.1, -0.05) is 11.2 Å². The fourth-order valence-electron chi connectivity index (χ4n) is 2.37. The lowest BCUT2D eigenvalue weighted by Gasteiger charge is -2.21. The molecule has 0 bridgehead atoms. The number of carbonyl (C=O) groups is 1. The molecule has 0 saturated heterocycles. The van der Waals surface area contributed by atoms with Crippen molar-refractivity contribution >= 4 is 11.9 Å². The molecule has 2 rings (SSSR count). The van der Waals surface area contributed by atoms with Crippen molar-refractivity contribution in [3.8, 4) is 11.5 Å². The van der Waals surface area contributed by atoms with Crippen LogP contribution < -0.4 is 20.1 Å². The maximum absolute atomic E-state index is 12.0. The van der Waals surface area contributed by atoms with Gasteiger partial charge >= 0.3 is 0 Å². The number of aryl methyl sites for hydroxylation is 1. The largest absolute Gasteiger partial charge is 0.490 e. The Morgan fingerprint density at radius 1 is 1.19 bits per heavy atom. The number of ether oxygens (including phenoxy) is 2. The van der Waals surface area contributed by atoms with Gasteiger partial charge in [-0.15, -0.1) is 0 Å². The third-order valence-corrected chi connectivity index (χ3v) is 3.46. The van der Waals surface area contributed by atoms with Crippen molar-refractivity contribution < 1.29 is 14.3 Å². The molecule has 0 aliphatic rings. The van der Waals surface area contributed by atoms with Gasteiger partial charge in [0, 0.05) is 18.6 Å². The molecule has 27 heavy (non-hydrogen) atoms. The molecule has 148 valence electrons. The van der Waals surface area contributed by atoms with E-state index in [1.807, 2.05) is 46.8 Å². The van der Waals surface area contributed by atoms with Gasteiger partial charge < -0.3 is 20.1 Å². The van der Waals surface area contributed by atoms with Crippen LogP contribution in [0, 0.1) is 0 Å². The summed E-state index contributed by atoms with van der Waals surface area (Å²) in [6.07, 6.45) is 0. The molecule has 0 aliphatic carbocycles. The zero-order valence-electron chi connectivity index (χ0n) is 16.6. The summed E-state index contributed by atoms with van der Waals surface area (Å²) >= 11 is 0.